The van der Waals surface area contributed by atoms with Crippen molar-refractivity contribution in [3.63, 3.8) is 0 Å². The van der Waals surface area contributed by atoms with Gasteiger partial charge in [-0.1, -0.05) is 18.2 Å². The molecular weight excluding hydrogens is 263 g/mol. The Bertz CT molecular complexity index is 403. The van der Waals surface area contributed by atoms with E-state index in [1.807, 2.05) is 30.3 Å². The topological polar surface area (TPSA) is 53.0 Å². The Morgan fingerprint density at radius 2 is 1.76 bits per heavy atom. The van der Waals surface area contributed by atoms with Crippen molar-refractivity contribution in [2.75, 3.05) is 31.1 Å². The fourth-order valence-corrected chi connectivity index (χ4v) is 2.52. The number of para-hydroxylation sites is 1. The van der Waals surface area contributed by atoms with Gasteiger partial charge >= 0.3 is 6.95 Å². The SMILES string of the molecule is O=P(O)(Cl)ON1CCN(c2ccccc2)CC1. The maximum atomic E-state index is 10.9. The van der Waals surface area contributed by atoms with Crippen molar-refractivity contribution in [3.8, 4) is 0 Å². The molecule has 0 saturated carbocycles. The van der Waals surface area contributed by atoms with Gasteiger partial charge < -0.3 is 9.79 Å². The van der Waals surface area contributed by atoms with Gasteiger partial charge in [0.25, 0.3) is 0 Å². The summed E-state index contributed by atoms with van der Waals surface area (Å²) in [5.74, 6) is 0. The van der Waals surface area contributed by atoms with Crippen molar-refractivity contribution in [1.82, 2.24) is 5.06 Å². The first-order valence-electron chi connectivity index (χ1n) is 5.32. The zero-order valence-corrected chi connectivity index (χ0v) is 10.8. The van der Waals surface area contributed by atoms with E-state index in [0.29, 0.717) is 13.1 Å². The summed E-state index contributed by atoms with van der Waals surface area (Å²) in [5, 5.41) is 1.44. The van der Waals surface area contributed by atoms with E-state index in [9.17, 15) is 4.57 Å². The van der Waals surface area contributed by atoms with Crippen molar-refractivity contribution in [1.29, 1.82) is 0 Å². The Labute approximate surface area is 105 Å². The van der Waals surface area contributed by atoms with E-state index in [1.165, 1.54) is 5.06 Å². The number of anilines is 1. The molecule has 1 aliphatic rings. The van der Waals surface area contributed by atoms with Crippen molar-refractivity contribution in [2.24, 2.45) is 0 Å². The lowest BCUT2D eigenvalue weighted by Crippen LogP contribution is -2.45. The van der Waals surface area contributed by atoms with Crippen LogP contribution in [0.2, 0.25) is 0 Å². The Kier molecular flexibility index (Phi) is 4.07. The van der Waals surface area contributed by atoms with Gasteiger partial charge in [0.15, 0.2) is 0 Å². The minimum atomic E-state index is -3.95. The van der Waals surface area contributed by atoms with E-state index < -0.39 is 6.95 Å². The van der Waals surface area contributed by atoms with Crippen LogP contribution in [-0.2, 0) is 9.19 Å². The standard InChI is InChI=1S/C10H14ClN2O3P/c11-17(14,15)16-13-8-6-12(7-9-13)10-4-2-1-3-5-10/h1-5H,6-9H2,(H,14,15). The number of benzene rings is 1. The van der Waals surface area contributed by atoms with E-state index in [1.54, 1.807) is 0 Å². The highest BCUT2D eigenvalue weighted by Crippen LogP contribution is 2.48. The Morgan fingerprint density at radius 3 is 2.29 bits per heavy atom. The molecule has 1 fully saturated rings. The van der Waals surface area contributed by atoms with E-state index in [2.05, 4.69) is 4.90 Å². The van der Waals surface area contributed by atoms with Gasteiger partial charge in [-0.25, -0.2) is 9.19 Å². The van der Waals surface area contributed by atoms with Gasteiger partial charge in [0.05, 0.1) is 0 Å². The predicted octanol–water partition coefficient (Wildman–Crippen LogP) is 2.08. The Hall–Kier alpha value is -0.580. The molecule has 0 bridgehead atoms. The van der Waals surface area contributed by atoms with Crippen molar-refractivity contribution in [2.45, 2.75) is 0 Å². The molecular formula is C10H14ClN2O3P. The molecule has 1 saturated heterocycles. The van der Waals surface area contributed by atoms with E-state index >= 15 is 0 Å². The van der Waals surface area contributed by atoms with Crippen molar-refractivity contribution in [3.05, 3.63) is 30.3 Å². The van der Waals surface area contributed by atoms with Crippen LogP contribution in [0.4, 0.5) is 5.69 Å². The molecule has 7 heteroatoms. The third-order valence-electron chi connectivity index (χ3n) is 2.58. The maximum absolute atomic E-state index is 10.9. The van der Waals surface area contributed by atoms with E-state index in [4.69, 9.17) is 20.8 Å². The summed E-state index contributed by atoms with van der Waals surface area (Å²) in [6, 6.07) is 10.0. The molecule has 1 aliphatic heterocycles. The summed E-state index contributed by atoms with van der Waals surface area (Å²) < 4.78 is 15.6. The molecule has 0 aliphatic carbocycles. The molecule has 1 heterocycles. The van der Waals surface area contributed by atoms with Crippen molar-refractivity contribution >= 4 is 23.9 Å². The number of hydroxylamine groups is 2. The number of halogens is 1. The zero-order valence-electron chi connectivity index (χ0n) is 9.20. The molecule has 2 rings (SSSR count). The van der Waals surface area contributed by atoms with E-state index in [0.717, 1.165) is 18.8 Å². The van der Waals surface area contributed by atoms with Crippen LogP contribution in [0.3, 0.4) is 0 Å². The first-order chi connectivity index (χ1) is 8.04. The van der Waals surface area contributed by atoms with Crippen LogP contribution in [-0.4, -0.2) is 36.1 Å². The molecule has 0 amide bonds. The fraction of sp³-hybridized carbons (Fsp3) is 0.400. The highest BCUT2D eigenvalue weighted by molar-refractivity contribution is 7.80. The average molecular weight is 277 g/mol. The Balaban J connectivity index is 1.89. The summed E-state index contributed by atoms with van der Waals surface area (Å²) in [6.45, 7) is -1.38. The molecule has 0 aromatic heterocycles. The van der Waals surface area contributed by atoms with Crippen LogP contribution >= 0.6 is 18.2 Å². The number of hydrogen-bond donors (Lipinski definition) is 1. The van der Waals surface area contributed by atoms with Gasteiger partial charge in [0, 0.05) is 43.1 Å². The zero-order chi connectivity index (χ0) is 12.3. The minimum absolute atomic E-state index is 0.548. The fourth-order valence-electron chi connectivity index (χ4n) is 1.81. The third-order valence-corrected chi connectivity index (χ3v) is 3.19. The number of rotatable bonds is 3. The molecule has 0 radical (unpaired) electrons. The number of nitrogens with zero attached hydrogens (tertiary/aromatic N) is 2. The van der Waals surface area contributed by atoms with Gasteiger partial charge in [-0.2, -0.15) is 5.06 Å². The highest BCUT2D eigenvalue weighted by Gasteiger charge is 2.24. The maximum Gasteiger partial charge on any atom is 0.438 e. The summed E-state index contributed by atoms with van der Waals surface area (Å²) in [7, 11) is 0. The lowest BCUT2D eigenvalue weighted by atomic mass is 10.2. The minimum Gasteiger partial charge on any atom is -0.369 e. The first-order valence-corrected chi connectivity index (χ1v) is 7.80. The van der Waals surface area contributed by atoms with Crippen LogP contribution in [0, 0.1) is 0 Å². The molecule has 1 aromatic carbocycles. The van der Waals surface area contributed by atoms with Gasteiger partial charge in [-0.15, -0.1) is 0 Å². The van der Waals surface area contributed by atoms with Gasteiger partial charge in [-0.3, -0.25) is 0 Å². The summed E-state index contributed by atoms with van der Waals surface area (Å²) in [5.41, 5.74) is 1.14. The molecule has 1 N–H and O–H groups in total. The third kappa shape index (κ3) is 3.98. The molecule has 1 aromatic rings. The number of hydrogen-bond acceptors (Lipinski definition) is 4. The van der Waals surface area contributed by atoms with Crippen molar-refractivity contribution < 1.29 is 14.1 Å². The van der Waals surface area contributed by atoms with Gasteiger partial charge in [0.1, 0.15) is 0 Å². The molecule has 0 spiro atoms. The second-order valence-corrected chi connectivity index (χ2v) is 6.13. The average Bonchev–Trinajstić information content (AvgIpc) is 2.29. The molecule has 1 unspecified atom stereocenters. The number of piperazine rings is 1. The van der Waals surface area contributed by atoms with E-state index in [-0.39, 0.29) is 0 Å². The molecule has 1 atom stereocenters. The molecule has 5 nitrogen and oxygen atoms in total. The summed E-state index contributed by atoms with van der Waals surface area (Å²) in [4.78, 5) is 11.1. The first kappa shape index (κ1) is 12.9. The monoisotopic (exact) mass is 276 g/mol. The largest absolute Gasteiger partial charge is 0.438 e. The van der Waals surface area contributed by atoms with Crippen LogP contribution in [0.25, 0.3) is 0 Å². The highest BCUT2D eigenvalue weighted by atomic mass is 35.7. The van der Waals surface area contributed by atoms with Gasteiger partial charge in [0.2, 0.25) is 0 Å². The molecule has 17 heavy (non-hydrogen) atoms. The quantitative estimate of drug-likeness (QED) is 0.857. The second-order valence-electron chi connectivity index (χ2n) is 3.78. The summed E-state index contributed by atoms with van der Waals surface area (Å²) in [6.07, 6.45) is 0. The predicted molar refractivity (Wildman–Crippen MR) is 67.0 cm³/mol. The van der Waals surface area contributed by atoms with Crippen LogP contribution in [0.1, 0.15) is 0 Å². The van der Waals surface area contributed by atoms with Crippen LogP contribution in [0.5, 0.6) is 0 Å². The lowest BCUT2D eigenvalue weighted by molar-refractivity contribution is -0.0659. The molecule has 94 valence electrons. The lowest BCUT2D eigenvalue weighted by Gasteiger charge is -2.35. The smallest absolute Gasteiger partial charge is 0.369 e. The summed E-state index contributed by atoms with van der Waals surface area (Å²) >= 11 is 5.15. The van der Waals surface area contributed by atoms with Gasteiger partial charge in [-0.05, 0) is 12.1 Å². The van der Waals surface area contributed by atoms with Crippen LogP contribution < -0.4 is 4.90 Å². The second kappa shape index (κ2) is 5.38. The van der Waals surface area contributed by atoms with Crippen LogP contribution in [0.15, 0.2) is 30.3 Å². The normalized spacial score (nSPS) is 21.2. The Morgan fingerprint density at radius 1 is 1.18 bits per heavy atom.